The predicted octanol–water partition coefficient (Wildman–Crippen LogP) is 2.12. The first-order valence-electron chi connectivity index (χ1n) is 8.47. The number of hydrogen-bond donors (Lipinski definition) is 1. The van der Waals surface area contributed by atoms with Crippen LogP contribution >= 0.6 is 11.6 Å². The molecule has 3 rings (SSSR count). The smallest absolute Gasteiger partial charge is 0.248 e. The van der Waals surface area contributed by atoms with E-state index in [2.05, 4.69) is 30.5 Å². The van der Waals surface area contributed by atoms with Gasteiger partial charge in [-0.05, 0) is 19.1 Å². The van der Waals surface area contributed by atoms with Gasteiger partial charge in [-0.3, -0.25) is 4.68 Å². The van der Waals surface area contributed by atoms with Gasteiger partial charge in [-0.15, -0.1) is 0 Å². The summed E-state index contributed by atoms with van der Waals surface area (Å²) in [5.41, 5.74) is 0.799. The fourth-order valence-corrected chi connectivity index (χ4v) is 2.62. The molecule has 1 aromatic carbocycles. The van der Waals surface area contributed by atoms with Gasteiger partial charge in [0, 0.05) is 31.2 Å². The van der Waals surface area contributed by atoms with Crippen molar-refractivity contribution in [2.45, 2.75) is 20.0 Å². The van der Waals surface area contributed by atoms with Gasteiger partial charge in [0.2, 0.25) is 11.7 Å². The van der Waals surface area contributed by atoms with Crippen molar-refractivity contribution in [3.63, 3.8) is 0 Å². The lowest BCUT2D eigenvalue weighted by Crippen LogP contribution is -2.39. The second-order valence-electron chi connectivity index (χ2n) is 5.85. The minimum atomic E-state index is 0.263. The SMILES string of the molecule is CCNC(=NCc1nc(-c2cccc(Cl)c2)no1)N(C)Cc1ncnn1C. The van der Waals surface area contributed by atoms with Crippen LogP contribution in [0.5, 0.6) is 0 Å². The number of halogens is 1. The first-order valence-corrected chi connectivity index (χ1v) is 8.85. The Morgan fingerprint density at radius 2 is 2.26 bits per heavy atom. The van der Waals surface area contributed by atoms with Gasteiger partial charge in [-0.1, -0.05) is 28.9 Å². The number of aromatic nitrogens is 5. The molecule has 0 aliphatic rings. The molecule has 27 heavy (non-hydrogen) atoms. The summed E-state index contributed by atoms with van der Waals surface area (Å²) in [5.74, 6) is 2.46. The van der Waals surface area contributed by atoms with Gasteiger partial charge in [0.1, 0.15) is 18.7 Å². The molecule has 9 nitrogen and oxygen atoms in total. The molecule has 0 aliphatic heterocycles. The van der Waals surface area contributed by atoms with E-state index >= 15 is 0 Å². The van der Waals surface area contributed by atoms with Crippen LogP contribution in [-0.4, -0.2) is 49.4 Å². The van der Waals surface area contributed by atoms with E-state index in [1.807, 2.05) is 38.1 Å². The minimum Gasteiger partial charge on any atom is -0.357 e. The van der Waals surface area contributed by atoms with Crippen LogP contribution in [0.1, 0.15) is 18.6 Å². The van der Waals surface area contributed by atoms with Crippen LogP contribution in [0.2, 0.25) is 5.02 Å². The zero-order valence-electron chi connectivity index (χ0n) is 15.4. The summed E-state index contributed by atoms with van der Waals surface area (Å²) in [6, 6.07) is 7.31. The zero-order valence-corrected chi connectivity index (χ0v) is 16.2. The Labute approximate surface area is 162 Å². The van der Waals surface area contributed by atoms with Crippen LogP contribution in [-0.2, 0) is 20.1 Å². The number of nitrogens with zero attached hydrogens (tertiary/aromatic N) is 7. The fourth-order valence-electron chi connectivity index (χ4n) is 2.43. The van der Waals surface area contributed by atoms with Crippen molar-refractivity contribution in [3.8, 4) is 11.4 Å². The quantitative estimate of drug-likeness (QED) is 0.510. The molecule has 10 heteroatoms. The third kappa shape index (κ3) is 4.82. The van der Waals surface area contributed by atoms with Crippen LogP contribution in [0.15, 0.2) is 40.1 Å². The van der Waals surface area contributed by atoms with E-state index < -0.39 is 0 Å². The standard InChI is InChI=1S/C17H21ClN8O/c1-4-19-17(25(2)10-14-21-11-22-26(14)3)20-9-15-23-16(24-27-15)12-6-5-7-13(18)8-12/h5-8,11H,4,9-10H2,1-3H3,(H,19,20). The van der Waals surface area contributed by atoms with E-state index in [0.717, 1.165) is 17.9 Å². The normalized spacial score (nSPS) is 11.6. The van der Waals surface area contributed by atoms with Gasteiger partial charge < -0.3 is 14.7 Å². The van der Waals surface area contributed by atoms with Gasteiger partial charge in [0.25, 0.3) is 0 Å². The van der Waals surface area contributed by atoms with Crippen molar-refractivity contribution in [3.05, 3.63) is 47.3 Å². The lowest BCUT2D eigenvalue weighted by molar-refractivity contribution is 0.378. The summed E-state index contributed by atoms with van der Waals surface area (Å²) >= 11 is 6.01. The Morgan fingerprint density at radius 1 is 1.41 bits per heavy atom. The third-order valence-corrected chi connectivity index (χ3v) is 4.03. The molecule has 0 atom stereocenters. The summed E-state index contributed by atoms with van der Waals surface area (Å²) in [6.07, 6.45) is 1.53. The molecule has 0 amide bonds. The van der Waals surface area contributed by atoms with Crippen molar-refractivity contribution in [1.82, 2.24) is 35.1 Å². The van der Waals surface area contributed by atoms with Gasteiger partial charge in [-0.2, -0.15) is 10.1 Å². The maximum absolute atomic E-state index is 6.01. The second-order valence-corrected chi connectivity index (χ2v) is 6.28. The molecule has 0 bridgehead atoms. The Kier molecular flexibility index (Phi) is 6.02. The molecule has 3 aromatic rings. The first-order chi connectivity index (χ1) is 13.1. The largest absolute Gasteiger partial charge is 0.357 e. The fraction of sp³-hybridized carbons (Fsp3) is 0.353. The number of benzene rings is 1. The molecule has 0 saturated carbocycles. The molecule has 0 radical (unpaired) electrons. The average Bonchev–Trinajstić information content (AvgIpc) is 3.28. The van der Waals surface area contributed by atoms with E-state index in [1.165, 1.54) is 6.33 Å². The molecular weight excluding hydrogens is 368 g/mol. The van der Waals surface area contributed by atoms with Gasteiger partial charge in [0.15, 0.2) is 5.96 Å². The maximum atomic E-state index is 6.01. The van der Waals surface area contributed by atoms with Gasteiger partial charge in [-0.25, -0.2) is 9.98 Å². The van der Waals surface area contributed by atoms with E-state index in [9.17, 15) is 0 Å². The highest BCUT2D eigenvalue weighted by molar-refractivity contribution is 6.30. The molecule has 0 fully saturated rings. The molecule has 0 saturated heterocycles. The molecule has 0 unspecified atom stereocenters. The molecule has 1 N–H and O–H groups in total. The molecule has 2 aromatic heterocycles. The van der Waals surface area contributed by atoms with Gasteiger partial charge in [0.05, 0.1) is 6.54 Å². The number of guanidine groups is 1. The lowest BCUT2D eigenvalue weighted by atomic mass is 10.2. The highest BCUT2D eigenvalue weighted by atomic mass is 35.5. The number of nitrogens with one attached hydrogen (secondary N) is 1. The summed E-state index contributed by atoms with van der Waals surface area (Å²) in [7, 11) is 3.79. The van der Waals surface area contributed by atoms with Crippen molar-refractivity contribution < 1.29 is 4.52 Å². The number of aryl methyl sites for hydroxylation is 1. The number of rotatable bonds is 6. The topological polar surface area (TPSA) is 97.3 Å². The van der Waals surface area contributed by atoms with E-state index in [4.69, 9.17) is 16.1 Å². The lowest BCUT2D eigenvalue weighted by Gasteiger charge is -2.21. The van der Waals surface area contributed by atoms with Crippen molar-refractivity contribution in [2.24, 2.45) is 12.0 Å². The van der Waals surface area contributed by atoms with Gasteiger partial charge >= 0.3 is 0 Å². The maximum Gasteiger partial charge on any atom is 0.248 e. The van der Waals surface area contributed by atoms with Crippen LogP contribution in [0.25, 0.3) is 11.4 Å². The monoisotopic (exact) mass is 388 g/mol. The minimum absolute atomic E-state index is 0.263. The Hall–Kier alpha value is -2.94. The van der Waals surface area contributed by atoms with E-state index in [0.29, 0.717) is 29.2 Å². The van der Waals surface area contributed by atoms with E-state index in [1.54, 1.807) is 16.8 Å². The summed E-state index contributed by atoms with van der Waals surface area (Å²) in [4.78, 5) is 15.2. The Balaban J connectivity index is 1.70. The highest BCUT2D eigenvalue weighted by Gasteiger charge is 2.12. The van der Waals surface area contributed by atoms with Crippen molar-refractivity contribution in [1.29, 1.82) is 0 Å². The van der Waals surface area contributed by atoms with Crippen LogP contribution < -0.4 is 5.32 Å². The summed E-state index contributed by atoms with van der Waals surface area (Å²) in [6.45, 7) is 3.58. The van der Waals surface area contributed by atoms with Crippen LogP contribution in [0.3, 0.4) is 0 Å². The third-order valence-electron chi connectivity index (χ3n) is 3.80. The van der Waals surface area contributed by atoms with Crippen LogP contribution in [0.4, 0.5) is 0 Å². The average molecular weight is 389 g/mol. The number of hydrogen-bond acceptors (Lipinski definition) is 6. The van der Waals surface area contributed by atoms with E-state index in [-0.39, 0.29) is 6.54 Å². The molecule has 142 valence electrons. The Bertz CT molecular complexity index is 919. The molecule has 0 spiro atoms. The molecular formula is C17H21ClN8O. The van der Waals surface area contributed by atoms with Crippen molar-refractivity contribution in [2.75, 3.05) is 13.6 Å². The Morgan fingerprint density at radius 3 is 2.96 bits per heavy atom. The molecule has 2 heterocycles. The predicted molar refractivity (Wildman–Crippen MR) is 102 cm³/mol. The van der Waals surface area contributed by atoms with Crippen LogP contribution in [0, 0.1) is 0 Å². The van der Waals surface area contributed by atoms with Crippen molar-refractivity contribution >= 4 is 17.6 Å². The second kappa shape index (κ2) is 8.63. The summed E-state index contributed by atoms with van der Waals surface area (Å²) in [5, 5.41) is 11.9. The molecule has 0 aliphatic carbocycles. The first kappa shape index (κ1) is 18.8. The highest BCUT2D eigenvalue weighted by Crippen LogP contribution is 2.20. The zero-order chi connectivity index (χ0) is 19.2. The summed E-state index contributed by atoms with van der Waals surface area (Å²) < 4.78 is 7.04. The number of aliphatic imine (C=N–C) groups is 1.